The van der Waals surface area contributed by atoms with Gasteiger partial charge in [-0.05, 0) is 29.3 Å². The summed E-state index contributed by atoms with van der Waals surface area (Å²) in [6.07, 6.45) is 0.525. The molecule has 2 atom stereocenters. The van der Waals surface area contributed by atoms with E-state index in [0.717, 1.165) is 27.7 Å². The Labute approximate surface area is 182 Å². The highest BCUT2D eigenvalue weighted by Crippen LogP contribution is 2.35. The fraction of sp³-hybridized carbons (Fsp3) is 0.348. The highest BCUT2D eigenvalue weighted by atomic mass is 32.2. The molecule has 0 radical (unpaired) electrons. The predicted molar refractivity (Wildman–Crippen MR) is 119 cm³/mol. The third-order valence-electron chi connectivity index (χ3n) is 5.95. The van der Waals surface area contributed by atoms with E-state index in [4.69, 9.17) is 4.74 Å². The van der Waals surface area contributed by atoms with Crippen LogP contribution >= 0.6 is 0 Å². The summed E-state index contributed by atoms with van der Waals surface area (Å²) in [6, 6.07) is 14.1. The number of nitrogens with zero attached hydrogens (tertiary/aromatic N) is 1. The number of benzene rings is 2. The monoisotopic (exact) mass is 441 g/mol. The van der Waals surface area contributed by atoms with Crippen molar-refractivity contribution in [2.75, 3.05) is 20.2 Å². The summed E-state index contributed by atoms with van der Waals surface area (Å²) in [5.41, 5.74) is 3.95. The molecule has 1 aromatic heterocycles. The maximum atomic E-state index is 12.8. The first-order valence-corrected chi connectivity index (χ1v) is 11.9. The van der Waals surface area contributed by atoms with Crippen LogP contribution in [0.3, 0.4) is 0 Å². The second kappa shape index (κ2) is 8.45. The zero-order valence-corrected chi connectivity index (χ0v) is 18.7. The van der Waals surface area contributed by atoms with Gasteiger partial charge in [0, 0.05) is 36.1 Å². The Bertz CT molecular complexity index is 1200. The number of H-pyrrole nitrogens is 1. The molecule has 8 heteroatoms. The third kappa shape index (κ3) is 3.75. The fourth-order valence-electron chi connectivity index (χ4n) is 4.34. The minimum absolute atomic E-state index is 0.261. The molecule has 2 aromatic carbocycles. The Morgan fingerprint density at radius 1 is 1.10 bits per heavy atom. The van der Waals surface area contributed by atoms with E-state index in [1.165, 1.54) is 11.4 Å². The van der Waals surface area contributed by atoms with E-state index >= 15 is 0 Å². The lowest BCUT2D eigenvalue weighted by atomic mass is 9.90. The van der Waals surface area contributed by atoms with Gasteiger partial charge in [0.2, 0.25) is 10.0 Å². The van der Waals surface area contributed by atoms with E-state index in [1.54, 1.807) is 12.1 Å². The lowest BCUT2D eigenvalue weighted by Gasteiger charge is -2.30. The van der Waals surface area contributed by atoms with Crippen molar-refractivity contribution < 1.29 is 17.9 Å². The molecule has 0 amide bonds. The zero-order valence-electron chi connectivity index (χ0n) is 17.9. The van der Waals surface area contributed by atoms with E-state index in [0.29, 0.717) is 19.5 Å². The summed E-state index contributed by atoms with van der Waals surface area (Å²) in [5.74, 6) is -0.318. The van der Waals surface area contributed by atoms with Crippen molar-refractivity contribution in [3.05, 3.63) is 65.4 Å². The summed E-state index contributed by atoms with van der Waals surface area (Å²) in [5, 5.41) is 4.46. The van der Waals surface area contributed by atoms with Gasteiger partial charge in [-0.1, -0.05) is 44.2 Å². The van der Waals surface area contributed by atoms with Crippen LogP contribution in [0.4, 0.5) is 0 Å². The van der Waals surface area contributed by atoms with Crippen LogP contribution in [0.15, 0.2) is 53.4 Å². The second-order valence-electron chi connectivity index (χ2n) is 7.60. The zero-order chi connectivity index (χ0) is 22.2. The first-order valence-electron chi connectivity index (χ1n) is 10.4. The van der Waals surface area contributed by atoms with Crippen molar-refractivity contribution >= 4 is 26.9 Å². The Morgan fingerprint density at radius 2 is 1.77 bits per heavy atom. The molecule has 0 spiro atoms. The highest BCUT2D eigenvalue weighted by Gasteiger charge is 2.34. The Morgan fingerprint density at radius 3 is 2.42 bits per heavy atom. The molecule has 0 fully saturated rings. The Balaban J connectivity index is 1.76. The number of esters is 1. The van der Waals surface area contributed by atoms with Crippen LogP contribution in [-0.4, -0.2) is 49.9 Å². The van der Waals surface area contributed by atoms with E-state index in [9.17, 15) is 13.2 Å². The summed E-state index contributed by atoms with van der Waals surface area (Å²) in [4.78, 5) is 16.1. The van der Waals surface area contributed by atoms with Crippen LogP contribution in [0, 0.1) is 0 Å². The number of carbonyl (C=O) groups is 1. The number of nitrogens with one attached hydrogen (secondary N) is 2. The quantitative estimate of drug-likeness (QED) is 0.574. The number of sulfonamides is 1. The van der Waals surface area contributed by atoms with Crippen LogP contribution in [0.2, 0.25) is 0 Å². The van der Waals surface area contributed by atoms with Gasteiger partial charge in [0.1, 0.15) is 6.04 Å². The molecule has 0 saturated carbocycles. The molecule has 0 bridgehead atoms. The Kier molecular flexibility index (Phi) is 5.88. The average molecular weight is 442 g/mol. The van der Waals surface area contributed by atoms with Crippen molar-refractivity contribution in [3.63, 3.8) is 0 Å². The van der Waals surface area contributed by atoms with Gasteiger partial charge in [0.25, 0.3) is 0 Å². The molecule has 2 heterocycles. The Hall–Kier alpha value is -2.68. The molecule has 0 saturated heterocycles. The minimum atomic E-state index is -3.53. The number of hydrogen-bond acceptors (Lipinski definition) is 5. The van der Waals surface area contributed by atoms with Crippen molar-refractivity contribution in [1.82, 2.24) is 14.6 Å². The maximum absolute atomic E-state index is 12.8. The molecule has 31 heavy (non-hydrogen) atoms. The number of para-hydroxylation sites is 1. The molecule has 4 rings (SSSR count). The SMILES string of the molecule is CCN(CC)S(=O)(=O)c1ccc(C2NC(C(=O)OC)Cc3c2[nH]c2ccccc32)cc1. The number of fused-ring (bicyclic) bond motifs is 3. The standard InChI is InChI=1S/C23H27N3O4S/c1-4-26(5-2)31(28,29)16-12-10-15(11-13-16)21-22-18(14-20(25-21)23(27)30-3)17-8-6-7-9-19(17)24-22/h6-13,20-21,24-25H,4-5,14H2,1-3H3. The van der Waals surface area contributed by atoms with Crippen LogP contribution in [0.1, 0.15) is 36.7 Å². The number of hydrogen-bond donors (Lipinski definition) is 2. The second-order valence-corrected chi connectivity index (χ2v) is 9.54. The van der Waals surface area contributed by atoms with Crippen molar-refractivity contribution in [1.29, 1.82) is 0 Å². The van der Waals surface area contributed by atoms with Gasteiger partial charge in [-0.15, -0.1) is 0 Å². The maximum Gasteiger partial charge on any atom is 0.323 e. The van der Waals surface area contributed by atoms with E-state index < -0.39 is 16.1 Å². The molecule has 2 unspecified atom stereocenters. The molecular weight excluding hydrogens is 414 g/mol. The largest absolute Gasteiger partial charge is 0.468 e. The van der Waals surface area contributed by atoms with Gasteiger partial charge in [-0.2, -0.15) is 4.31 Å². The summed E-state index contributed by atoms with van der Waals surface area (Å²) in [6.45, 7) is 4.49. The molecule has 7 nitrogen and oxygen atoms in total. The first kappa shape index (κ1) is 21.5. The number of rotatable bonds is 6. The molecule has 164 valence electrons. The van der Waals surface area contributed by atoms with Gasteiger partial charge in [-0.25, -0.2) is 8.42 Å². The third-order valence-corrected chi connectivity index (χ3v) is 8.02. The van der Waals surface area contributed by atoms with E-state index in [-0.39, 0.29) is 16.9 Å². The number of methoxy groups -OCH3 is 1. The van der Waals surface area contributed by atoms with Crippen LogP contribution in [0.25, 0.3) is 10.9 Å². The molecule has 1 aliphatic rings. The van der Waals surface area contributed by atoms with Gasteiger partial charge in [0.15, 0.2) is 0 Å². The minimum Gasteiger partial charge on any atom is -0.468 e. The van der Waals surface area contributed by atoms with Crippen molar-refractivity contribution in [2.24, 2.45) is 0 Å². The number of aromatic amines is 1. The fourth-order valence-corrected chi connectivity index (χ4v) is 5.79. The van der Waals surface area contributed by atoms with E-state index in [2.05, 4.69) is 10.3 Å². The van der Waals surface area contributed by atoms with Gasteiger partial charge in [0.05, 0.1) is 18.0 Å². The predicted octanol–water partition coefficient (Wildman–Crippen LogP) is 2.98. The van der Waals surface area contributed by atoms with Gasteiger partial charge >= 0.3 is 5.97 Å². The number of carbonyl (C=O) groups excluding carboxylic acids is 1. The lowest BCUT2D eigenvalue weighted by molar-refractivity contribution is -0.143. The topological polar surface area (TPSA) is 91.5 Å². The van der Waals surface area contributed by atoms with Crippen molar-refractivity contribution in [2.45, 2.75) is 37.2 Å². The normalized spacial score (nSPS) is 18.8. The van der Waals surface area contributed by atoms with Crippen molar-refractivity contribution in [3.8, 4) is 0 Å². The van der Waals surface area contributed by atoms with Gasteiger partial charge < -0.3 is 9.72 Å². The van der Waals surface area contributed by atoms with Crippen LogP contribution < -0.4 is 5.32 Å². The molecular formula is C23H27N3O4S. The highest BCUT2D eigenvalue weighted by molar-refractivity contribution is 7.89. The average Bonchev–Trinajstić information content (AvgIpc) is 3.17. The molecule has 3 aromatic rings. The molecule has 2 N–H and O–H groups in total. The first-order chi connectivity index (χ1) is 14.9. The number of ether oxygens (including phenoxy) is 1. The summed E-state index contributed by atoms with van der Waals surface area (Å²) < 4.78 is 32.1. The van der Waals surface area contributed by atoms with Crippen LogP contribution in [-0.2, 0) is 26.0 Å². The smallest absolute Gasteiger partial charge is 0.323 e. The van der Waals surface area contributed by atoms with Gasteiger partial charge in [-0.3, -0.25) is 10.1 Å². The summed E-state index contributed by atoms with van der Waals surface area (Å²) >= 11 is 0. The molecule has 0 aliphatic carbocycles. The van der Waals surface area contributed by atoms with E-state index in [1.807, 2.05) is 50.2 Å². The molecule has 1 aliphatic heterocycles. The lowest BCUT2D eigenvalue weighted by Crippen LogP contribution is -2.45. The van der Waals surface area contributed by atoms with Crippen LogP contribution in [0.5, 0.6) is 0 Å². The summed E-state index contributed by atoms with van der Waals surface area (Å²) in [7, 11) is -2.14. The number of aromatic nitrogens is 1.